The van der Waals surface area contributed by atoms with Crippen LogP contribution in [0.25, 0.3) is 22.1 Å². The van der Waals surface area contributed by atoms with Gasteiger partial charge in [0.1, 0.15) is 11.6 Å². The van der Waals surface area contributed by atoms with Crippen LogP contribution in [0.4, 0.5) is 0 Å². The molecule has 3 nitrogen and oxygen atoms in total. The van der Waals surface area contributed by atoms with E-state index < -0.39 is 0 Å². The lowest BCUT2D eigenvalue weighted by molar-refractivity contribution is 0.395. The molecular formula is C20H16N2OS2. The van der Waals surface area contributed by atoms with Gasteiger partial charge in [0.2, 0.25) is 5.88 Å². The van der Waals surface area contributed by atoms with Crippen LogP contribution in [0, 0.1) is 11.3 Å². The molecule has 0 N–H and O–H groups in total. The molecule has 124 valence electrons. The summed E-state index contributed by atoms with van der Waals surface area (Å²) >= 11 is 3.38. The summed E-state index contributed by atoms with van der Waals surface area (Å²) in [6, 6.07) is 10.6. The standard InChI is InChI=1S/C20H16N2OS2/c1-23-20-16(12-21)18(17-8-4-10-25-17)15-7-2-5-13(19(15)22-20)11-14-6-3-9-24-14/h3-4,6,8-11H,2,5,7H2,1H3/b13-11-. The van der Waals surface area contributed by atoms with E-state index in [0.717, 1.165) is 35.4 Å². The summed E-state index contributed by atoms with van der Waals surface area (Å²) in [7, 11) is 1.58. The Morgan fingerprint density at radius 2 is 2.04 bits per heavy atom. The average molecular weight is 364 g/mol. The SMILES string of the molecule is COc1nc2c(c(-c3cccs3)c1C#N)CCC/C2=C/c1cccs1. The van der Waals surface area contributed by atoms with Crippen molar-refractivity contribution in [2.75, 3.05) is 7.11 Å². The van der Waals surface area contributed by atoms with Crippen molar-refractivity contribution in [2.24, 2.45) is 0 Å². The molecule has 3 heterocycles. The van der Waals surface area contributed by atoms with Crippen LogP contribution < -0.4 is 4.74 Å². The summed E-state index contributed by atoms with van der Waals surface area (Å²) in [4.78, 5) is 7.06. The van der Waals surface area contributed by atoms with Crippen LogP contribution in [0.3, 0.4) is 0 Å². The Morgan fingerprint density at radius 3 is 2.72 bits per heavy atom. The molecule has 0 amide bonds. The van der Waals surface area contributed by atoms with Crippen LogP contribution in [-0.4, -0.2) is 12.1 Å². The van der Waals surface area contributed by atoms with Gasteiger partial charge >= 0.3 is 0 Å². The molecule has 0 spiro atoms. The Labute approximate surface area is 154 Å². The Kier molecular flexibility index (Phi) is 4.39. The largest absolute Gasteiger partial charge is 0.480 e. The van der Waals surface area contributed by atoms with E-state index >= 15 is 0 Å². The molecule has 0 aromatic carbocycles. The molecule has 0 fully saturated rings. The van der Waals surface area contributed by atoms with Crippen molar-refractivity contribution in [1.82, 2.24) is 4.98 Å². The maximum absolute atomic E-state index is 9.73. The third kappa shape index (κ3) is 2.88. The number of nitrogens with zero attached hydrogens (tertiary/aromatic N) is 2. The minimum Gasteiger partial charge on any atom is -0.480 e. The summed E-state index contributed by atoms with van der Waals surface area (Å²) in [5.74, 6) is 0.420. The van der Waals surface area contributed by atoms with E-state index in [1.807, 2.05) is 11.4 Å². The number of fused-ring (bicyclic) bond motifs is 1. The first-order chi connectivity index (χ1) is 12.3. The number of allylic oxidation sites excluding steroid dienone is 1. The second-order valence-corrected chi connectivity index (χ2v) is 7.75. The summed E-state index contributed by atoms with van der Waals surface area (Å²) < 4.78 is 5.47. The summed E-state index contributed by atoms with van der Waals surface area (Å²) in [6.45, 7) is 0. The Hall–Kier alpha value is -2.42. The van der Waals surface area contributed by atoms with E-state index in [0.29, 0.717) is 11.4 Å². The van der Waals surface area contributed by atoms with Gasteiger partial charge < -0.3 is 4.74 Å². The molecule has 1 aliphatic rings. The molecule has 0 bridgehead atoms. The number of hydrogen-bond donors (Lipinski definition) is 0. The van der Waals surface area contributed by atoms with Gasteiger partial charge in [0, 0.05) is 15.3 Å². The first-order valence-corrected chi connectivity index (χ1v) is 9.87. The lowest BCUT2D eigenvalue weighted by Crippen LogP contribution is -2.10. The molecule has 0 saturated carbocycles. The van der Waals surface area contributed by atoms with E-state index in [9.17, 15) is 5.26 Å². The van der Waals surface area contributed by atoms with Crippen molar-refractivity contribution in [3.63, 3.8) is 0 Å². The van der Waals surface area contributed by atoms with Crippen LogP contribution >= 0.6 is 22.7 Å². The predicted molar refractivity (Wildman–Crippen MR) is 104 cm³/mol. The number of aromatic nitrogens is 1. The quantitative estimate of drug-likeness (QED) is 0.605. The van der Waals surface area contributed by atoms with E-state index in [-0.39, 0.29) is 0 Å². The minimum absolute atomic E-state index is 0.420. The number of rotatable bonds is 3. The average Bonchev–Trinajstić information content (AvgIpc) is 3.34. The minimum atomic E-state index is 0.420. The highest BCUT2D eigenvalue weighted by atomic mass is 32.1. The molecule has 0 radical (unpaired) electrons. The second-order valence-electron chi connectivity index (χ2n) is 5.83. The first kappa shape index (κ1) is 16.1. The number of methoxy groups -OCH3 is 1. The zero-order valence-corrected chi connectivity index (χ0v) is 15.4. The monoisotopic (exact) mass is 364 g/mol. The van der Waals surface area contributed by atoms with Crippen LogP contribution in [0.5, 0.6) is 5.88 Å². The number of thiophene rings is 2. The van der Waals surface area contributed by atoms with Gasteiger partial charge in [0.15, 0.2) is 0 Å². The van der Waals surface area contributed by atoms with Crippen molar-refractivity contribution < 1.29 is 4.74 Å². The van der Waals surface area contributed by atoms with Gasteiger partial charge in [0.05, 0.1) is 12.8 Å². The zero-order chi connectivity index (χ0) is 17.2. The third-order valence-electron chi connectivity index (χ3n) is 4.37. The summed E-state index contributed by atoms with van der Waals surface area (Å²) in [5, 5.41) is 13.9. The highest BCUT2D eigenvalue weighted by molar-refractivity contribution is 7.13. The van der Waals surface area contributed by atoms with E-state index in [4.69, 9.17) is 9.72 Å². The van der Waals surface area contributed by atoms with Crippen LogP contribution in [0.15, 0.2) is 35.0 Å². The molecule has 5 heteroatoms. The fourth-order valence-electron chi connectivity index (χ4n) is 3.31. The van der Waals surface area contributed by atoms with Crippen LogP contribution in [0.2, 0.25) is 0 Å². The molecule has 25 heavy (non-hydrogen) atoms. The molecule has 0 aliphatic heterocycles. The number of ether oxygens (including phenoxy) is 1. The number of hydrogen-bond acceptors (Lipinski definition) is 5. The fourth-order valence-corrected chi connectivity index (χ4v) is 4.80. The lowest BCUT2D eigenvalue weighted by atomic mass is 9.86. The fraction of sp³-hybridized carbons (Fsp3) is 0.200. The highest BCUT2D eigenvalue weighted by Crippen LogP contribution is 2.42. The van der Waals surface area contributed by atoms with E-state index in [2.05, 4.69) is 35.7 Å². The second kappa shape index (κ2) is 6.83. The number of pyridine rings is 1. The van der Waals surface area contributed by atoms with Gasteiger partial charge in [-0.1, -0.05) is 12.1 Å². The predicted octanol–water partition coefficient (Wildman–Crippen LogP) is 5.63. The summed E-state index contributed by atoms with van der Waals surface area (Å²) in [5.41, 5.74) is 4.93. The molecular weight excluding hydrogens is 348 g/mol. The van der Waals surface area contributed by atoms with Gasteiger partial charge in [0.25, 0.3) is 0 Å². The van der Waals surface area contributed by atoms with Gasteiger partial charge in [-0.25, -0.2) is 4.98 Å². The van der Waals surface area contributed by atoms with Gasteiger partial charge in [-0.2, -0.15) is 5.26 Å². The topological polar surface area (TPSA) is 45.9 Å². The van der Waals surface area contributed by atoms with Gasteiger partial charge in [-0.3, -0.25) is 0 Å². The maximum atomic E-state index is 9.73. The Balaban J connectivity index is 1.99. The van der Waals surface area contributed by atoms with Crippen molar-refractivity contribution in [1.29, 1.82) is 5.26 Å². The summed E-state index contributed by atoms with van der Waals surface area (Å²) in [6.07, 6.45) is 5.23. The molecule has 0 unspecified atom stereocenters. The van der Waals surface area contributed by atoms with Crippen LogP contribution in [0.1, 0.15) is 34.5 Å². The Bertz CT molecular complexity index is 964. The molecule has 3 aromatic heterocycles. The van der Waals surface area contributed by atoms with Crippen molar-refractivity contribution in [2.45, 2.75) is 19.3 Å². The van der Waals surface area contributed by atoms with Crippen molar-refractivity contribution in [3.8, 4) is 22.4 Å². The van der Waals surface area contributed by atoms with Crippen molar-refractivity contribution >= 4 is 34.3 Å². The molecule has 0 saturated heterocycles. The zero-order valence-electron chi connectivity index (χ0n) is 13.8. The van der Waals surface area contributed by atoms with Gasteiger partial charge in [-0.05, 0) is 59.4 Å². The first-order valence-electron chi connectivity index (χ1n) is 8.11. The third-order valence-corrected chi connectivity index (χ3v) is 6.08. The van der Waals surface area contributed by atoms with Gasteiger partial charge in [-0.15, -0.1) is 22.7 Å². The molecule has 3 aromatic rings. The number of nitriles is 1. The smallest absolute Gasteiger partial charge is 0.232 e. The lowest BCUT2D eigenvalue weighted by Gasteiger charge is -2.23. The Morgan fingerprint density at radius 1 is 1.20 bits per heavy atom. The maximum Gasteiger partial charge on any atom is 0.232 e. The molecule has 4 rings (SSSR count). The van der Waals surface area contributed by atoms with E-state index in [1.54, 1.807) is 29.8 Å². The highest BCUT2D eigenvalue weighted by Gasteiger charge is 2.26. The molecule has 1 aliphatic carbocycles. The van der Waals surface area contributed by atoms with Crippen molar-refractivity contribution in [3.05, 3.63) is 56.7 Å². The molecule has 0 atom stereocenters. The van der Waals surface area contributed by atoms with Crippen LogP contribution in [-0.2, 0) is 6.42 Å². The van der Waals surface area contributed by atoms with E-state index in [1.165, 1.54) is 16.0 Å². The normalized spacial score (nSPS) is 15.0.